The average Bonchev–Trinajstić information content (AvgIpc) is 2.79. The number of ketones is 1. The van der Waals surface area contributed by atoms with E-state index in [2.05, 4.69) is 51.0 Å². The highest BCUT2D eigenvalue weighted by Crippen LogP contribution is 2.56. The predicted octanol–water partition coefficient (Wildman–Crippen LogP) is 4.52. The lowest BCUT2D eigenvalue weighted by atomic mass is 9.50. The van der Waals surface area contributed by atoms with E-state index in [1.165, 1.54) is 11.1 Å². The molecule has 0 amide bonds. The molecule has 0 spiro atoms. The summed E-state index contributed by atoms with van der Waals surface area (Å²) >= 11 is 0. The molecule has 3 rings (SSSR count). The second-order valence-corrected chi connectivity index (χ2v) is 10.1. The number of carboxylic acids is 2. The van der Waals surface area contributed by atoms with Crippen molar-refractivity contribution in [2.24, 2.45) is 22.2 Å². The summed E-state index contributed by atoms with van der Waals surface area (Å²) in [5, 5.41) is 19.9. The van der Waals surface area contributed by atoms with E-state index in [4.69, 9.17) is 20.8 Å². The van der Waals surface area contributed by atoms with Gasteiger partial charge in [0.2, 0.25) is 0 Å². The van der Waals surface area contributed by atoms with Crippen molar-refractivity contribution in [3.05, 3.63) is 47.0 Å². The van der Waals surface area contributed by atoms with Crippen LogP contribution in [0.3, 0.4) is 0 Å². The Morgan fingerprint density at radius 1 is 1.20 bits per heavy atom. The molecule has 35 heavy (non-hydrogen) atoms. The summed E-state index contributed by atoms with van der Waals surface area (Å²) in [5.41, 5.74) is 8.81. The standard InChI is InChI=1S/C23H34N2O2.C4H4O4/c1-16(2)17-7-8-19-18(13-17)20(26)14-21-22(3,9-5-10-23(19,21)4)15-25-27-12-6-11-24;5-3(6)1-2-4(7)8/h7-8,13,15-16,21H,5-6,9-12,14,24H2,1-4H3;1-2H,(H,5,6)(H,7,8)/b25-15+;2-1+/t21?,22-,23-;/m1./s1. The van der Waals surface area contributed by atoms with Crippen molar-refractivity contribution < 1.29 is 29.4 Å². The van der Waals surface area contributed by atoms with Crippen LogP contribution < -0.4 is 5.73 Å². The third kappa shape index (κ3) is 7.01. The number of carbonyl (C=O) groups is 3. The van der Waals surface area contributed by atoms with Crippen molar-refractivity contribution in [3.63, 3.8) is 0 Å². The number of carboxylic acid groups (broad SMARTS) is 2. The quantitative estimate of drug-likeness (QED) is 0.212. The molecule has 1 saturated carbocycles. The van der Waals surface area contributed by atoms with Crippen LogP contribution in [-0.2, 0) is 19.8 Å². The minimum atomic E-state index is -1.26. The van der Waals surface area contributed by atoms with Crippen molar-refractivity contribution >= 4 is 23.9 Å². The molecule has 192 valence electrons. The normalized spacial score (nSPS) is 25.7. The van der Waals surface area contributed by atoms with Crippen LogP contribution in [0, 0.1) is 11.3 Å². The minimum Gasteiger partial charge on any atom is -0.478 e. The molecule has 8 heteroatoms. The van der Waals surface area contributed by atoms with Gasteiger partial charge in [-0.15, -0.1) is 0 Å². The molecule has 1 aromatic carbocycles. The maximum absolute atomic E-state index is 13.1. The number of oxime groups is 1. The number of nitrogens with zero attached hydrogens (tertiary/aromatic N) is 1. The highest BCUT2D eigenvalue weighted by molar-refractivity contribution is 6.00. The SMILES string of the molecule is CC(C)c1ccc2c(c1)C(=O)CC1[C@@](C)(/C=N/OCCCN)CCC[C@]21C.O=C(O)/C=C/C(=O)O. The van der Waals surface area contributed by atoms with E-state index in [-0.39, 0.29) is 22.5 Å². The summed E-state index contributed by atoms with van der Waals surface area (Å²) in [6, 6.07) is 6.56. The van der Waals surface area contributed by atoms with E-state index in [1.54, 1.807) is 0 Å². The van der Waals surface area contributed by atoms with Gasteiger partial charge in [-0.1, -0.05) is 51.4 Å². The summed E-state index contributed by atoms with van der Waals surface area (Å²) < 4.78 is 0. The number of Topliss-reactive ketones (excluding diaryl/α,β-unsaturated/α-hetero) is 1. The lowest BCUT2D eigenvalue weighted by Gasteiger charge is -2.53. The molecule has 2 aliphatic rings. The molecule has 0 saturated heterocycles. The van der Waals surface area contributed by atoms with Gasteiger partial charge in [0, 0.05) is 35.8 Å². The van der Waals surface area contributed by atoms with Crippen LogP contribution in [0.25, 0.3) is 0 Å². The predicted molar refractivity (Wildman–Crippen MR) is 135 cm³/mol. The Morgan fingerprint density at radius 3 is 2.43 bits per heavy atom. The molecule has 0 heterocycles. The van der Waals surface area contributed by atoms with Crippen LogP contribution >= 0.6 is 0 Å². The minimum absolute atomic E-state index is 0.00896. The first-order chi connectivity index (χ1) is 16.4. The Balaban J connectivity index is 0.000000466. The summed E-state index contributed by atoms with van der Waals surface area (Å²) in [5.74, 6) is -1.55. The maximum atomic E-state index is 13.1. The van der Waals surface area contributed by atoms with E-state index >= 15 is 0 Å². The summed E-state index contributed by atoms with van der Waals surface area (Å²) in [6.45, 7) is 10.1. The Labute approximate surface area is 207 Å². The fourth-order valence-electron chi connectivity index (χ4n) is 5.29. The Kier molecular flexibility index (Phi) is 9.77. The van der Waals surface area contributed by atoms with Crippen molar-refractivity contribution in [1.82, 2.24) is 0 Å². The smallest absolute Gasteiger partial charge is 0.328 e. The van der Waals surface area contributed by atoms with Gasteiger partial charge in [0.25, 0.3) is 0 Å². The van der Waals surface area contributed by atoms with E-state index in [9.17, 15) is 14.4 Å². The van der Waals surface area contributed by atoms with E-state index in [1.807, 2.05) is 6.21 Å². The molecule has 8 nitrogen and oxygen atoms in total. The summed E-state index contributed by atoms with van der Waals surface area (Å²) in [6.07, 6.45) is 7.78. The zero-order valence-corrected chi connectivity index (χ0v) is 21.1. The largest absolute Gasteiger partial charge is 0.478 e. The fourth-order valence-corrected chi connectivity index (χ4v) is 5.29. The molecule has 0 aliphatic heterocycles. The number of rotatable bonds is 8. The summed E-state index contributed by atoms with van der Waals surface area (Å²) in [7, 11) is 0. The van der Waals surface area contributed by atoms with Crippen molar-refractivity contribution in [3.8, 4) is 0 Å². The Morgan fingerprint density at radius 2 is 1.86 bits per heavy atom. The lowest BCUT2D eigenvalue weighted by molar-refractivity contribution is -0.134. The zero-order chi connectivity index (χ0) is 26.2. The maximum Gasteiger partial charge on any atom is 0.328 e. The van der Waals surface area contributed by atoms with Gasteiger partial charge in [-0.25, -0.2) is 9.59 Å². The number of fused-ring (bicyclic) bond motifs is 3. The molecule has 4 N–H and O–H groups in total. The topological polar surface area (TPSA) is 139 Å². The molecular formula is C27H38N2O6. The number of hydrogen-bond acceptors (Lipinski definition) is 6. The highest BCUT2D eigenvalue weighted by atomic mass is 16.6. The van der Waals surface area contributed by atoms with Crippen LogP contribution in [0.4, 0.5) is 0 Å². The van der Waals surface area contributed by atoms with E-state index in [0.717, 1.165) is 31.2 Å². The van der Waals surface area contributed by atoms with Crippen LogP contribution in [0.5, 0.6) is 0 Å². The molecule has 0 aromatic heterocycles. The molecule has 1 fully saturated rings. The average molecular weight is 487 g/mol. The van der Waals surface area contributed by atoms with Gasteiger partial charge < -0.3 is 20.8 Å². The van der Waals surface area contributed by atoms with Crippen molar-refractivity contribution in [1.29, 1.82) is 0 Å². The zero-order valence-electron chi connectivity index (χ0n) is 21.1. The van der Waals surface area contributed by atoms with Gasteiger partial charge in [-0.05, 0) is 60.3 Å². The van der Waals surface area contributed by atoms with Crippen LogP contribution in [-0.4, -0.2) is 47.3 Å². The molecular weight excluding hydrogens is 448 g/mol. The summed E-state index contributed by atoms with van der Waals surface area (Å²) in [4.78, 5) is 37.6. The van der Waals surface area contributed by atoms with Gasteiger partial charge >= 0.3 is 11.9 Å². The van der Waals surface area contributed by atoms with Gasteiger partial charge in [-0.2, -0.15) is 0 Å². The Bertz CT molecular complexity index is 970. The lowest BCUT2D eigenvalue weighted by Crippen LogP contribution is -2.51. The number of nitrogens with two attached hydrogens (primary N) is 1. The van der Waals surface area contributed by atoms with Gasteiger partial charge in [0.1, 0.15) is 6.61 Å². The molecule has 0 bridgehead atoms. The molecule has 0 radical (unpaired) electrons. The van der Waals surface area contributed by atoms with E-state index in [0.29, 0.717) is 37.6 Å². The van der Waals surface area contributed by atoms with Gasteiger partial charge in [-0.3, -0.25) is 4.79 Å². The third-order valence-electron chi connectivity index (χ3n) is 7.22. The molecule has 1 unspecified atom stereocenters. The number of benzene rings is 1. The second-order valence-electron chi connectivity index (χ2n) is 10.1. The van der Waals surface area contributed by atoms with Gasteiger partial charge in [0.15, 0.2) is 5.78 Å². The first kappa shape index (κ1) is 28.2. The monoisotopic (exact) mass is 486 g/mol. The second kappa shape index (κ2) is 12.1. The molecule has 3 atom stereocenters. The fraction of sp³-hybridized carbons (Fsp3) is 0.556. The van der Waals surface area contributed by atoms with Crippen LogP contribution in [0.2, 0.25) is 0 Å². The number of hydrogen-bond donors (Lipinski definition) is 3. The number of aliphatic carboxylic acids is 2. The third-order valence-corrected chi connectivity index (χ3v) is 7.22. The molecule has 2 aliphatic carbocycles. The van der Waals surface area contributed by atoms with Crippen LogP contribution in [0.15, 0.2) is 35.5 Å². The molecule has 1 aromatic rings. The first-order valence-electron chi connectivity index (χ1n) is 12.1. The van der Waals surface area contributed by atoms with Crippen molar-refractivity contribution in [2.75, 3.05) is 13.2 Å². The van der Waals surface area contributed by atoms with E-state index < -0.39 is 11.9 Å². The van der Waals surface area contributed by atoms with Gasteiger partial charge in [0.05, 0.1) is 0 Å². The van der Waals surface area contributed by atoms with Crippen molar-refractivity contribution in [2.45, 2.75) is 71.1 Å². The van der Waals surface area contributed by atoms with Crippen LogP contribution in [0.1, 0.15) is 87.2 Å². The first-order valence-corrected chi connectivity index (χ1v) is 12.1. The number of carbonyl (C=O) groups excluding carboxylic acids is 1. The Hall–Kier alpha value is -3.00. The highest BCUT2D eigenvalue weighted by Gasteiger charge is 2.53.